The van der Waals surface area contributed by atoms with Crippen LogP contribution in [0.4, 0.5) is 10.5 Å². The van der Waals surface area contributed by atoms with Gasteiger partial charge in [0, 0.05) is 18.0 Å². The minimum Gasteiger partial charge on any atom is -0.479 e. The second kappa shape index (κ2) is 10.6. The Hall–Kier alpha value is -3.40. The van der Waals surface area contributed by atoms with Crippen LogP contribution in [0.15, 0.2) is 41.8 Å². The van der Waals surface area contributed by atoms with Crippen molar-refractivity contribution in [2.75, 3.05) is 24.6 Å². The van der Waals surface area contributed by atoms with E-state index in [1.54, 1.807) is 42.5 Å². The number of carbonyl (C=O) groups is 4. The number of para-hydroxylation sites is 2. The molecule has 2 aromatic rings. The Morgan fingerprint density at radius 3 is 2.77 bits per heavy atom. The third kappa shape index (κ3) is 6.29. The van der Waals surface area contributed by atoms with E-state index in [0.29, 0.717) is 24.4 Å². The summed E-state index contributed by atoms with van der Waals surface area (Å²) in [6, 6.07) is 10.3. The van der Waals surface area contributed by atoms with Gasteiger partial charge in [0.15, 0.2) is 12.7 Å². The number of rotatable bonds is 8. The molecule has 1 aromatic carbocycles. The molecule has 1 aromatic heterocycles. The lowest BCUT2D eigenvalue weighted by atomic mass is 10.2. The Morgan fingerprint density at radius 1 is 1.19 bits per heavy atom. The van der Waals surface area contributed by atoms with Gasteiger partial charge < -0.3 is 19.7 Å². The number of imide groups is 1. The molecular formula is C21H23N3O6S. The zero-order valence-corrected chi connectivity index (χ0v) is 17.8. The lowest BCUT2D eigenvalue weighted by molar-refractivity contribution is -0.148. The van der Waals surface area contributed by atoms with Crippen LogP contribution in [0.2, 0.25) is 0 Å². The van der Waals surface area contributed by atoms with Crippen LogP contribution in [0.5, 0.6) is 5.75 Å². The third-order valence-electron chi connectivity index (χ3n) is 4.47. The summed E-state index contributed by atoms with van der Waals surface area (Å²) in [7, 11) is 0. The van der Waals surface area contributed by atoms with Crippen LogP contribution in [0.25, 0.3) is 0 Å². The molecule has 0 fully saturated rings. The fourth-order valence-corrected chi connectivity index (χ4v) is 3.68. The van der Waals surface area contributed by atoms with Crippen molar-refractivity contribution in [1.82, 2.24) is 10.6 Å². The van der Waals surface area contributed by atoms with Gasteiger partial charge >= 0.3 is 12.0 Å². The first-order chi connectivity index (χ1) is 14.9. The molecule has 1 unspecified atom stereocenters. The number of amides is 4. The van der Waals surface area contributed by atoms with Gasteiger partial charge in [-0.1, -0.05) is 18.2 Å². The average Bonchev–Trinajstić information content (AvgIpc) is 3.26. The fraction of sp³-hybridized carbons (Fsp3) is 0.333. The smallest absolute Gasteiger partial charge is 0.321 e. The molecule has 0 radical (unpaired) electrons. The summed E-state index contributed by atoms with van der Waals surface area (Å²) in [6.07, 6.45) is -0.0985. The number of benzene rings is 1. The van der Waals surface area contributed by atoms with Crippen LogP contribution in [-0.2, 0) is 25.5 Å². The van der Waals surface area contributed by atoms with E-state index in [0.717, 1.165) is 4.88 Å². The Bertz CT molecular complexity index is 946. The molecule has 0 saturated carbocycles. The van der Waals surface area contributed by atoms with E-state index in [4.69, 9.17) is 9.47 Å². The van der Waals surface area contributed by atoms with Gasteiger partial charge in [-0.2, -0.15) is 0 Å². The highest BCUT2D eigenvalue weighted by molar-refractivity contribution is 7.09. The maximum absolute atomic E-state index is 12.4. The van der Waals surface area contributed by atoms with E-state index < -0.39 is 30.6 Å². The molecule has 2 heterocycles. The molecule has 164 valence electrons. The number of fused-ring (bicyclic) bond motifs is 1. The number of thiophene rings is 1. The van der Waals surface area contributed by atoms with Crippen LogP contribution < -0.4 is 20.3 Å². The molecule has 1 aliphatic heterocycles. The number of nitrogens with one attached hydrogen (secondary N) is 2. The zero-order valence-electron chi connectivity index (χ0n) is 17.0. The summed E-state index contributed by atoms with van der Waals surface area (Å²) in [5.41, 5.74) is 0.579. The number of nitrogens with zero attached hydrogens (tertiary/aromatic N) is 1. The van der Waals surface area contributed by atoms with Crippen molar-refractivity contribution < 1.29 is 28.7 Å². The molecule has 0 bridgehead atoms. The third-order valence-corrected chi connectivity index (χ3v) is 5.40. The van der Waals surface area contributed by atoms with Crippen molar-refractivity contribution in [3.8, 4) is 5.75 Å². The number of hydrogen-bond donors (Lipinski definition) is 2. The maximum atomic E-state index is 12.4. The Labute approximate surface area is 183 Å². The van der Waals surface area contributed by atoms with Crippen LogP contribution in [-0.4, -0.2) is 49.6 Å². The highest BCUT2D eigenvalue weighted by Crippen LogP contribution is 2.33. The minimum absolute atomic E-state index is 0.0905. The van der Waals surface area contributed by atoms with Crippen LogP contribution >= 0.6 is 11.3 Å². The fourth-order valence-electron chi connectivity index (χ4n) is 2.97. The van der Waals surface area contributed by atoms with Crippen molar-refractivity contribution in [2.24, 2.45) is 0 Å². The molecule has 0 spiro atoms. The molecule has 31 heavy (non-hydrogen) atoms. The molecule has 0 saturated heterocycles. The van der Waals surface area contributed by atoms with Crippen molar-refractivity contribution in [3.05, 3.63) is 46.7 Å². The van der Waals surface area contributed by atoms with Crippen molar-refractivity contribution in [1.29, 1.82) is 0 Å². The average molecular weight is 445 g/mol. The normalized spacial score (nSPS) is 14.9. The molecule has 2 N–H and O–H groups in total. The minimum atomic E-state index is -0.733. The number of urea groups is 1. The highest BCUT2D eigenvalue weighted by Gasteiger charge is 2.31. The van der Waals surface area contributed by atoms with Gasteiger partial charge in [-0.05, 0) is 36.9 Å². The van der Waals surface area contributed by atoms with E-state index in [1.807, 2.05) is 17.5 Å². The summed E-state index contributed by atoms with van der Waals surface area (Å²) in [4.78, 5) is 50.5. The number of esters is 1. The molecule has 1 aliphatic rings. The van der Waals surface area contributed by atoms with E-state index >= 15 is 0 Å². The molecule has 3 rings (SSSR count). The molecule has 9 nitrogen and oxygen atoms in total. The lowest BCUT2D eigenvalue weighted by Gasteiger charge is -2.32. The number of ether oxygens (including phenoxy) is 2. The molecule has 1 atom stereocenters. The largest absolute Gasteiger partial charge is 0.479 e. The van der Waals surface area contributed by atoms with E-state index in [1.165, 1.54) is 4.90 Å². The first-order valence-corrected chi connectivity index (χ1v) is 10.6. The quantitative estimate of drug-likeness (QED) is 0.600. The molecule has 4 amide bonds. The summed E-state index contributed by atoms with van der Waals surface area (Å²) in [5.74, 6) is -1.09. The molecule has 10 heteroatoms. The number of carbonyl (C=O) groups excluding carboxylic acids is 4. The molecule has 0 aliphatic carbocycles. The highest BCUT2D eigenvalue weighted by atomic mass is 32.1. The Balaban J connectivity index is 1.37. The van der Waals surface area contributed by atoms with Crippen molar-refractivity contribution in [3.63, 3.8) is 0 Å². The standard InChI is InChI=1S/C21H23N3O6S/c1-14-20(27)24(16-6-2-3-7-17(16)30-14)11-9-19(26)29-13-18(25)23-21(28)22-10-8-15-5-4-12-31-15/h2-7,12,14H,8-11,13H2,1H3,(H2,22,23,25,28). The monoisotopic (exact) mass is 445 g/mol. The summed E-state index contributed by atoms with van der Waals surface area (Å²) < 4.78 is 10.5. The van der Waals surface area contributed by atoms with Crippen molar-refractivity contribution >= 4 is 40.8 Å². The first-order valence-electron chi connectivity index (χ1n) is 9.77. The van der Waals surface area contributed by atoms with Gasteiger partial charge in [-0.15, -0.1) is 11.3 Å². The zero-order chi connectivity index (χ0) is 22.2. The number of anilines is 1. The van der Waals surface area contributed by atoms with Crippen molar-refractivity contribution in [2.45, 2.75) is 25.9 Å². The molecular weight excluding hydrogens is 422 g/mol. The summed E-state index contributed by atoms with van der Waals surface area (Å²) >= 11 is 1.58. The predicted molar refractivity (Wildman–Crippen MR) is 114 cm³/mol. The van der Waals surface area contributed by atoms with Gasteiger partial charge in [0.1, 0.15) is 5.75 Å². The van der Waals surface area contributed by atoms with Gasteiger partial charge in [-0.25, -0.2) is 4.79 Å². The van der Waals surface area contributed by atoms with Crippen LogP contribution in [0, 0.1) is 0 Å². The Kier molecular flexibility index (Phi) is 7.60. The second-order valence-corrected chi connectivity index (χ2v) is 7.79. The number of hydrogen-bond acceptors (Lipinski definition) is 7. The SMILES string of the molecule is CC1Oc2ccccc2N(CCC(=O)OCC(=O)NC(=O)NCCc2cccs2)C1=O. The van der Waals surface area contributed by atoms with Gasteiger partial charge in [0.05, 0.1) is 12.1 Å². The lowest BCUT2D eigenvalue weighted by Crippen LogP contribution is -2.45. The van der Waals surface area contributed by atoms with Crippen LogP contribution in [0.3, 0.4) is 0 Å². The van der Waals surface area contributed by atoms with E-state index in [-0.39, 0.29) is 18.9 Å². The van der Waals surface area contributed by atoms with Crippen LogP contribution in [0.1, 0.15) is 18.2 Å². The van der Waals surface area contributed by atoms with E-state index in [2.05, 4.69) is 10.6 Å². The predicted octanol–water partition coefficient (Wildman–Crippen LogP) is 1.86. The second-order valence-electron chi connectivity index (χ2n) is 6.76. The van der Waals surface area contributed by atoms with Gasteiger partial charge in [0.2, 0.25) is 0 Å². The van der Waals surface area contributed by atoms with Gasteiger partial charge in [0.25, 0.3) is 11.8 Å². The Morgan fingerprint density at radius 2 is 2.00 bits per heavy atom. The van der Waals surface area contributed by atoms with E-state index in [9.17, 15) is 19.2 Å². The first kappa shape index (κ1) is 22.3. The topological polar surface area (TPSA) is 114 Å². The van der Waals surface area contributed by atoms with Gasteiger partial charge in [-0.3, -0.25) is 19.7 Å². The maximum Gasteiger partial charge on any atom is 0.321 e. The summed E-state index contributed by atoms with van der Waals surface area (Å²) in [6.45, 7) is 1.53. The summed E-state index contributed by atoms with van der Waals surface area (Å²) in [5, 5.41) is 6.61.